The van der Waals surface area contributed by atoms with Crippen LogP contribution in [0.3, 0.4) is 0 Å². The van der Waals surface area contributed by atoms with Gasteiger partial charge in [0.25, 0.3) is 0 Å². The molecule has 0 bridgehead atoms. The molecular formula is C47H36N3P. The normalized spacial score (nSPS) is 12.0. The van der Waals surface area contributed by atoms with Crippen molar-refractivity contribution in [1.82, 2.24) is 13.3 Å². The highest BCUT2D eigenvalue weighted by molar-refractivity contribution is 7.72. The topological polar surface area (TPSA) is 14.3 Å². The Kier molecular flexibility index (Phi) is 6.81. The van der Waals surface area contributed by atoms with Gasteiger partial charge in [0.05, 0.1) is 41.3 Å². The Morgan fingerprint density at radius 1 is 0.431 bits per heavy atom. The van der Waals surface area contributed by atoms with Crippen LogP contribution in [0.5, 0.6) is 0 Å². The molecule has 7 aromatic carbocycles. The van der Waals surface area contributed by atoms with Crippen molar-refractivity contribution < 1.29 is 0 Å². The van der Waals surface area contributed by atoms with E-state index in [1.54, 1.807) is 0 Å². The third kappa shape index (κ3) is 4.35. The number of aromatic nitrogens is 3. The first-order chi connectivity index (χ1) is 25.1. The van der Waals surface area contributed by atoms with Gasteiger partial charge in [-0.25, -0.2) is 0 Å². The van der Waals surface area contributed by atoms with Crippen molar-refractivity contribution >= 4 is 68.1 Å². The number of para-hydroxylation sites is 3. The van der Waals surface area contributed by atoms with Crippen molar-refractivity contribution in [3.8, 4) is 16.8 Å². The molecule has 10 aromatic rings. The van der Waals surface area contributed by atoms with Crippen LogP contribution in [0.1, 0.15) is 16.7 Å². The fraction of sp³-hybridized carbons (Fsp3) is 0.0638. The number of benzene rings is 7. The number of imidazole rings is 1. The second-order valence-corrected chi connectivity index (χ2v) is 15.6. The number of nitrogens with zero attached hydrogens (tertiary/aromatic N) is 3. The van der Waals surface area contributed by atoms with E-state index < -0.39 is 8.07 Å². The summed E-state index contributed by atoms with van der Waals surface area (Å²) in [6, 6.07) is 60.2. The van der Waals surface area contributed by atoms with Gasteiger partial charge in [0.2, 0.25) is 0 Å². The van der Waals surface area contributed by atoms with Crippen LogP contribution in [-0.2, 0) is 0 Å². The van der Waals surface area contributed by atoms with Crippen molar-refractivity contribution in [2.75, 3.05) is 0 Å². The highest BCUT2D eigenvalue weighted by Crippen LogP contribution is 2.48. The summed E-state index contributed by atoms with van der Waals surface area (Å²) >= 11 is 0. The second-order valence-electron chi connectivity index (χ2n) is 13.5. The fourth-order valence-electron chi connectivity index (χ4n) is 8.44. The zero-order valence-corrected chi connectivity index (χ0v) is 29.8. The fourth-order valence-corrected chi connectivity index (χ4v) is 10.9. The smallest absolute Gasteiger partial charge is 0.126 e. The lowest BCUT2D eigenvalue weighted by atomic mass is 9.95. The first-order valence-corrected chi connectivity index (χ1v) is 18.9. The summed E-state index contributed by atoms with van der Waals surface area (Å²) in [5.74, 6) is 0. The molecule has 244 valence electrons. The average molecular weight is 674 g/mol. The molecular weight excluding hydrogens is 638 g/mol. The zero-order chi connectivity index (χ0) is 34.2. The van der Waals surface area contributed by atoms with Crippen LogP contribution >= 0.6 is 8.07 Å². The van der Waals surface area contributed by atoms with Gasteiger partial charge in [0, 0.05) is 32.3 Å². The van der Waals surface area contributed by atoms with Gasteiger partial charge in [-0.05, 0) is 73.4 Å². The van der Waals surface area contributed by atoms with Crippen LogP contribution in [0.4, 0.5) is 0 Å². The molecule has 0 amide bonds. The lowest BCUT2D eigenvalue weighted by Crippen LogP contribution is -2.16. The minimum atomic E-state index is -0.933. The van der Waals surface area contributed by atoms with Crippen LogP contribution in [0.15, 0.2) is 164 Å². The van der Waals surface area contributed by atoms with E-state index in [0.717, 1.165) is 0 Å². The molecule has 3 aromatic heterocycles. The van der Waals surface area contributed by atoms with Gasteiger partial charge in [0.1, 0.15) is 5.65 Å². The minimum absolute atomic E-state index is 0.933. The molecule has 3 nitrogen and oxygen atoms in total. The van der Waals surface area contributed by atoms with E-state index in [-0.39, 0.29) is 0 Å². The van der Waals surface area contributed by atoms with Crippen LogP contribution in [0.25, 0.3) is 66.2 Å². The Morgan fingerprint density at radius 2 is 1.04 bits per heavy atom. The largest absolute Gasteiger partial charge is 0.310 e. The van der Waals surface area contributed by atoms with Gasteiger partial charge in [-0.2, -0.15) is 0 Å². The van der Waals surface area contributed by atoms with Crippen LogP contribution in [0, 0.1) is 20.8 Å². The Morgan fingerprint density at radius 3 is 1.76 bits per heavy atom. The molecule has 4 heteroatoms. The summed E-state index contributed by atoms with van der Waals surface area (Å²) in [7, 11) is -0.933. The van der Waals surface area contributed by atoms with Crippen molar-refractivity contribution in [3.05, 3.63) is 180 Å². The van der Waals surface area contributed by atoms with E-state index in [9.17, 15) is 0 Å². The Balaban J connectivity index is 1.37. The molecule has 0 unspecified atom stereocenters. The molecule has 0 saturated carbocycles. The molecule has 0 N–H and O–H groups in total. The zero-order valence-electron chi connectivity index (χ0n) is 28.9. The van der Waals surface area contributed by atoms with Gasteiger partial charge >= 0.3 is 0 Å². The predicted molar refractivity (Wildman–Crippen MR) is 219 cm³/mol. The molecule has 3 heterocycles. The summed E-state index contributed by atoms with van der Waals surface area (Å²) in [5.41, 5.74) is 15.0. The van der Waals surface area contributed by atoms with Crippen molar-refractivity contribution in [2.45, 2.75) is 20.8 Å². The first-order valence-electron chi connectivity index (χ1n) is 17.6. The third-order valence-electron chi connectivity index (χ3n) is 10.7. The monoisotopic (exact) mass is 673 g/mol. The number of fused-ring (bicyclic) bond motifs is 9. The summed E-state index contributed by atoms with van der Waals surface area (Å²) < 4.78 is 7.70. The molecule has 10 rings (SSSR count). The van der Waals surface area contributed by atoms with Crippen LogP contribution in [-0.4, -0.2) is 13.3 Å². The lowest BCUT2D eigenvalue weighted by molar-refractivity contribution is 1.11. The molecule has 0 spiro atoms. The van der Waals surface area contributed by atoms with Crippen LogP contribution < -0.4 is 10.6 Å². The van der Waals surface area contributed by atoms with E-state index in [1.807, 2.05) is 0 Å². The quantitative estimate of drug-likeness (QED) is 0.162. The average Bonchev–Trinajstić information content (AvgIpc) is 3.79. The molecule has 0 fully saturated rings. The van der Waals surface area contributed by atoms with Gasteiger partial charge in [0.15, 0.2) is 0 Å². The molecule has 51 heavy (non-hydrogen) atoms. The Bertz CT molecular complexity index is 2910. The molecule has 0 atom stereocenters. The van der Waals surface area contributed by atoms with Gasteiger partial charge in [-0.1, -0.05) is 133 Å². The van der Waals surface area contributed by atoms with E-state index in [2.05, 4.69) is 198 Å². The van der Waals surface area contributed by atoms with Crippen molar-refractivity contribution in [2.24, 2.45) is 0 Å². The van der Waals surface area contributed by atoms with Crippen LogP contribution in [0.2, 0.25) is 0 Å². The number of hydrogen-bond acceptors (Lipinski definition) is 0. The SMILES string of the molecule is Cc1ccccc1-c1cccc(-n2c3ccccc3n3c4ccc5c6ccccc6n(P(c6ccccc6)c6ccccc6)c5c4c(C)c23)c1C. The molecule has 0 radical (unpaired) electrons. The summed E-state index contributed by atoms with van der Waals surface area (Å²) in [6.07, 6.45) is 0. The standard InChI is InChI=1S/C47H36N3P/c1-31-17-10-11-22-36(31)37-24-16-28-40(32(37)2)48-42-26-14-15-27-43(42)49-44-30-29-39-38-23-12-13-25-41(38)50(46(39)45(44)33(3)47(48)49)51(34-18-6-4-7-19-34)35-20-8-5-9-21-35/h4-30H,1-3H3. The highest BCUT2D eigenvalue weighted by Gasteiger charge is 2.27. The van der Waals surface area contributed by atoms with Crippen molar-refractivity contribution in [1.29, 1.82) is 0 Å². The summed E-state index contributed by atoms with van der Waals surface area (Å²) in [4.78, 5) is 0. The molecule has 0 aliphatic carbocycles. The van der Waals surface area contributed by atoms with Gasteiger partial charge in [-0.15, -0.1) is 0 Å². The third-order valence-corrected chi connectivity index (χ3v) is 13.1. The number of aryl methyl sites for hydroxylation is 2. The maximum Gasteiger partial charge on any atom is 0.126 e. The maximum absolute atomic E-state index is 2.68. The van der Waals surface area contributed by atoms with E-state index in [1.165, 1.54) is 93.5 Å². The summed E-state index contributed by atoms with van der Waals surface area (Å²) in [5, 5.41) is 6.56. The predicted octanol–water partition coefficient (Wildman–Crippen LogP) is 11.6. The van der Waals surface area contributed by atoms with Gasteiger partial charge in [-0.3, -0.25) is 8.97 Å². The highest BCUT2D eigenvalue weighted by atomic mass is 31.1. The first kappa shape index (κ1) is 30.0. The maximum atomic E-state index is 2.68. The number of hydrogen-bond donors (Lipinski definition) is 0. The minimum Gasteiger partial charge on any atom is -0.310 e. The Hall–Kier alpha value is -5.89. The van der Waals surface area contributed by atoms with Crippen molar-refractivity contribution in [3.63, 3.8) is 0 Å². The molecule has 0 saturated heterocycles. The second kappa shape index (κ2) is 11.6. The van der Waals surface area contributed by atoms with E-state index in [0.29, 0.717) is 0 Å². The number of rotatable bonds is 5. The molecule has 0 aliphatic heterocycles. The van der Waals surface area contributed by atoms with E-state index >= 15 is 0 Å². The lowest BCUT2D eigenvalue weighted by Gasteiger charge is -2.23. The van der Waals surface area contributed by atoms with Gasteiger partial charge < -0.3 is 4.34 Å². The van der Waals surface area contributed by atoms with E-state index in [4.69, 9.17) is 0 Å². The summed E-state index contributed by atoms with van der Waals surface area (Å²) in [6.45, 7) is 6.82. The molecule has 0 aliphatic rings. The Labute approximate surface area is 298 Å².